The van der Waals surface area contributed by atoms with Crippen molar-refractivity contribution < 1.29 is 166 Å². The van der Waals surface area contributed by atoms with Gasteiger partial charge in [-0.3, -0.25) is 0 Å². The second kappa shape index (κ2) is 31.1. The molecule has 6 heteroatoms. The van der Waals surface area contributed by atoms with Gasteiger partial charge in [0.25, 0.3) is 0 Å². The van der Waals surface area contributed by atoms with Crippen molar-refractivity contribution in [1.82, 2.24) is 0 Å². The minimum Gasteiger partial charge on any atom is 0 e. The molecule has 0 N–H and O–H groups in total. The van der Waals surface area contributed by atoms with E-state index in [9.17, 15) is 0 Å². The Bertz CT molecular complexity index is 0. The van der Waals surface area contributed by atoms with Gasteiger partial charge in [0.15, 0.2) is 0 Å². The summed E-state index contributed by atoms with van der Waals surface area (Å²) in [5, 5.41) is 0. The Balaban J connectivity index is 0. The molecule has 0 radical (unpaired) electrons. The van der Waals surface area contributed by atoms with Crippen molar-refractivity contribution in [2.24, 2.45) is 0 Å². The summed E-state index contributed by atoms with van der Waals surface area (Å²) in [5.41, 5.74) is 0. The molecule has 0 rings (SSSR count). The van der Waals surface area contributed by atoms with Gasteiger partial charge in [-0.05, 0) is 0 Å². The summed E-state index contributed by atoms with van der Waals surface area (Å²) in [6.07, 6.45) is 0. The van der Waals surface area contributed by atoms with Gasteiger partial charge in [-0.2, -0.15) is 0 Å². The molecule has 0 atom stereocenters. The predicted molar refractivity (Wildman–Crippen MR) is 0 cm³/mol. The van der Waals surface area contributed by atoms with Crippen LogP contribution in [0.2, 0.25) is 0 Å². The molecule has 0 aliphatic heterocycles. The first-order chi connectivity index (χ1) is 0. The zero-order valence-corrected chi connectivity index (χ0v) is 37.2. The molecule has 6 heavy (non-hydrogen) atoms. The third-order valence-electron chi connectivity index (χ3n) is 0. The van der Waals surface area contributed by atoms with Gasteiger partial charge < -0.3 is 0 Å². The van der Waals surface area contributed by atoms with Gasteiger partial charge in [-0.25, -0.2) is 0 Å². The molecule has 0 aromatic rings. The van der Waals surface area contributed by atoms with Crippen molar-refractivity contribution in [3.63, 3.8) is 0 Å². The minimum atomic E-state index is 0. The summed E-state index contributed by atoms with van der Waals surface area (Å²) in [6, 6.07) is 0. The SMILES string of the molecule is [Hg].[Hg].[Hg].[Hg].[Hg].[Hg]. The first-order valence-corrected chi connectivity index (χ1v) is 0. The largest absolute Gasteiger partial charge is 0 e. The van der Waals surface area contributed by atoms with E-state index >= 15 is 0 Å². The van der Waals surface area contributed by atoms with Crippen LogP contribution in [0.4, 0.5) is 0 Å². The fourth-order valence-electron chi connectivity index (χ4n) is 0. The maximum absolute atomic E-state index is 0. The third kappa shape index (κ3) is 22.6. The molecule has 0 unspecified atom stereocenters. The molecule has 0 aromatic heterocycles. The van der Waals surface area contributed by atoms with E-state index in [1.807, 2.05) is 0 Å². The van der Waals surface area contributed by atoms with Crippen molar-refractivity contribution in [1.29, 1.82) is 0 Å². The quantitative estimate of drug-likeness (QED) is 0.300. The van der Waals surface area contributed by atoms with Crippen LogP contribution in [0, 0.1) is 0 Å². The van der Waals surface area contributed by atoms with E-state index in [1.54, 1.807) is 0 Å². The van der Waals surface area contributed by atoms with Gasteiger partial charge in [0, 0.05) is 166 Å². The minimum absolute atomic E-state index is 0. The fourth-order valence-corrected chi connectivity index (χ4v) is 0. The van der Waals surface area contributed by atoms with Crippen LogP contribution in [-0.4, -0.2) is 0 Å². The van der Waals surface area contributed by atoms with E-state index in [0.29, 0.717) is 0 Å². The Hall–Kier alpha value is 5.61. The molecular weight excluding hydrogens is 1200 g/mol. The van der Waals surface area contributed by atoms with Crippen LogP contribution in [0.15, 0.2) is 0 Å². The van der Waals surface area contributed by atoms with E-state index in [-0.39, 0.29) is 166 Å². The summed E-state index contributed by atoms with van der Waals surface area (Å²) in [7, 11) is 0. The summed E-state index contributed by atoms with van der Waals surface area (Å²) < 4.78 is 0. The van der Waals surface area contributed by atoms with Crippen LogP contribution in [0.25, 0.3) is 0 Å². The van der Waals surface area contributed by atoms with Crippen molar-refractivity contribution in [2.75, 3.05) is 0 Å². The molecule has 0 bridgehead atoms. The fraction of sp³-hybridized carbons (Fsp3) is 0. The topological polar surface area (TPSA) is 0 Å². The Morgan fingerprint density at radius 1 is 0.167 bits per heavy atom. The van der Waals surface area contributed by atoms with Crippen LogP contribution >= 0.6 is 0 Å². The summed E-state index contributed by atoms with van der Waals surface area (Å²) in [6.45, 7) is 0. The molecule has 0 saturated heterocycles. The second-order valence-corrected chi connectivity index (χ2v) is 0. The Labute approximate surface area is 161 Å². The van der Waals surface area contributed by atoms with Gasteiger partial charge in [0.2, 0.25) is 0 Å². The standard InChI is InChI=1S/6Hg. The Morgan fingerprint density at radius 3 is 0.167 bits per heavy atom. The molecule has 0 amide bonds. The maximum atomic E-state index is 0. The number of hydrogen-bond donors (Lipinski definition) is 0. The summed E-state index contributed by atoms with van der Waals surface area (Å²) in [5.74, 6) is 0. The molecule has 0 heterocycles. The average Bonchev–Trinajstić information content (AvgIpc) is 0. The monoisotopic (exact) mass is 1210 g/mol. The van der Waals surface area contributed by atoms with E-state index in [0.717, 1.165) is 0 Å². The first kappa shape index (κ1) is 41.5. The first-order valence-electron chi connectivity index (χ1n) is 0. The molecule has 0 aliphatic rings. The van der Waals surface area contributed by atoms with E-state index in [2.05, 4.69) is 0 Å². The van der Waals surface area contributed by atoms with Crippen LogP contribution in [0.3, 0.4) is 0 Å². The van der Waals surface area contributed by atoms with Crippen molar-refractivity contribution in [3.05, 3.63) is 0 Å². The molecule has 0 fully saturated rings. The average molecular weight is 1200 g/mol. The number of hydrogen-bond acceptors (Lipinski definition) is 0. The Morgan fingerprint density at radius 2 is 0.167 bits per heavy atom. The van der Waals surface area contributed by atoms with Crippen molar-refractivity contribution >= 4 is 0 Å². The van der Waals surface area contributed by atoms with Crippen LogP contribution in [0.1, 0.15) is 0 Å². The summed E-state index contributed by atoms with van der Waals surface area (Å²) >= 11 is 0. The van der Waals surface area contributed by atoms with Crippen LogP contribution in [-0.2, 0) is 166 Å². The zero-order chi connectivity index (χ0) is 0. The smallest absolute Gasteiger partial charge is 0 e. The van der Waals surface area contributed by atoms with Gasteiger partial charge in [0.1, 0.15) is 0 Å². The zero-order valence-electron chi connectivity index (χ0n) is 4.24. The van der Waals surface area contributed by atoms with E-state index < -0.39 is 0 Å². The van der Waals surface area contributed by atoms with E-state index in [4.69, 9.17) is 0 Å². The molecular formula is Hg6. The third-order valence-corrected chi connectivity index (χ3v) is 0. The van der Waals surface area contributed by atoms with Crippen molar-refractivity contribution in [2.45, 2.75) is 0 Å². The van der Waals surface area contributed by atoms with Crippen LogP contribution < -0.4 is 0 Å². The molecule has 0 nitrogen and oxygen atoms in total. The number of rotatable bonds is 0. The molecule has 0 saturated carbocycles. The normalized spacial score (nSPS) is 0. The predicted octanol–water partition coefficient (Wildman–Crippen LogP) is -0.0150. The van der Waals surface area contributed by atoms with Gasteiger partial charge >= 0.3 is 0 Å². The van der Waals surface area contributed by atoms with Crippen molar-refractivity contribution in [3.8, 4) is 0 Å². The Kier molecular flexibility index (Phi) is 215. The summed E-state index contributed by atoms with van der Waals surface area (Å²) in [4.78, 5) is 0. The molecule has 0 aromatic carbocycles. The molecule has 0 aliphatic carbocycles. The van der Waals surface area contributed by atoms with Gasteiger partial charge in [-0.15, -0.1) is 0 Å². The van der Waals surface area contributed by atoms with Gasteiger partial charge in [-0.1, -0.05) is 0 Å². The molecule has 0 spiro atoms. The van der Waals surface area contributed by atoms with Gasteiger partial charge in [0.05, 0.1) is 0 Å². The van der Waals surface area contributed by atoms with Crippen LogP contribution in [0.5, 0.6) is 0 Å². The maximum Gasteiger partial charge on any atom is 0 e. The molecule has 12 valence electrons. The van der Waals surface area contributed by atoms with E-state index in [1.165, 1.54) is 0 Å². The second-order valence-electron chi connectivity index (χ2n) is 0.